The molecule has 0 atom stereocenters. The number of hydrogen-bond donors (Lipinski definition) is 0. The molecule has 4 heteroatoms. The van der Waals surface area contributed by atoms with Crippen molar-refractivity contribution >= 4 is 12.2 Å². The fourth-order valence-corrected chi connectivity index (χ4v) is 2.34. The zero-order valence-electron chi connectivity index (χ0n) is 12.0. The van der Waals surface area contributed by atoms with Crippen LogP contribution in [-0.2, 0) is 16.1 Å². The van der Waals surface area contributed by atoms with Gasteiger partial charge in [-0.25, -0.2) is 0 Å². The molecule has 1 fully saturated rings. The lowest BCUT2D eigenvalue weighted by Crippen LogP contribution is -2.45. The van der Waals surface area contributed by atoms with Crippen LogP contribution in [0.2, 0.25) is 0 Å². The maximum atomic E-state index is 10.7. The van der Waals surface area contributed by atoms with E-state index in [1.165, 1.54) is 5.56 Å². The number of carbonyl (C=O) groups is 1. The third kappa shape index (κ3) is 3.84. The maximum Gasteiger partial charge on any atom is 0.209 e. The highest BCUT2D eigenvalue weighted by atomic mass is 16.5. The Kier molecular flexibility index (Phi) is 5.18. The number of carbonyl (C=O) groups excluding carboxylic acids is 1. The van der Waals surface area contributed by atoms with Crippen LogP contribution in [0.5, 0.6) is 0 Å². The van der Waals surface area contributed by atoms with Gasteiger partial charge in [0.2, 0.25) is 6.41 Å². The van der Waals surface area contributed by atoms with Crippen LogP contribution in [0.15, 0.2) is 30.8 Å². The SMILES string of the molecule is C=C(OCC)c1ccc(CN2CCN(C=O)CC2)cc1. The molecule has 1 aliphatic heterocycles. The first-order valence-electron chi connectivity index (χ1n) is 7.05. The first kappa shape index (κ1) is 14.6. The van der Waals surface area contributed by atoms with Crippen molar-refractivity contribution in [1.82, 2.24) is 9.80 Å². The molecule has 0 spiro atoms. The summed E-state index contributed by atoms with van der Waals surface area (Å²) in [7, 11) is 0. The predicted molar refractivity (Wildman–Crippen MR) is 80.0 cm³/mol. The Labute approximate surface area is 120 Å². The molecular weight excluding hydrogens is 252 g/mol. The number of ether oxygens (including phenoxy) is 1. The fraction of sp³-hybridized carbons (Fsp3) is 0.438. The van der Waals surface area contributed by atoms with Gasteiger partial charge in [0.15, 0.2) is 0 Å². The first-order chi connectivity index (χ1) is 9.72. The summed E-state index contributed by atoms with van der Waals surface area (Å²) in [6, 6.07) is 8.33. The Hall–Kier alpha value is -1.81. The molecule has 1 amide bonds. The Balaban J connectivity index is 1.88. The average Bonchev–Trinajstić information content (AvgIpc) is 2.49. The van der Waals surface area contributed by atoms with Crippen LogP contribution in [0.1, 0.15) is 18.1 Å². The van der Waals surface area contributed by atoms with Crippen molar-refractivity contribution in [3.8, 4) is 0 Å². The molecule has 1 aliphatic rings. The van der Waals surface area contributed by atoms with Crippen LogP contribution in [0, 0.1) is 0 Å². The van der Waals surface area contributed by atoms with Crippen molar-refractivity contribution in [3.63, 3.8) is 0 Å². The number of nitrogens with zero attached hydrogens (tertiary/aromatic N) is 2. The highest BCUT2D eigenvalue weighted by Crippen LogP contribution is 2.16. The summed E-state index contributed by atoms with van der Waals surface area (Å²) in [6.45, 7) is 10.9. The number of benzene rings is 1. The average molecular weight is 274 g/mol. The molecule has 20 heavy (non-hydrogen) atoms. The van der Waals surface area contributed by atoms with E-state index in [0.29, 0.717) is 6.61 Å². The summed E-state index contributed by atoms with van der Waals surface area (Å²) < 4.78 is 5.40. The molecule has 4 nitrogen and oxygen atoms in total. The van der Waals surface area contributed by atoms with Gasteiger partial charge < -0.3 is 9.64 Å². The summed E-state index contributed by atoms with van der Waals surface area (Å²) >= 11 is 0. The molecule has 1 heterocycles. The van der Waals surface area contributed by atoms with Crippen LogP contribution in [0.25, 0.3) is 5.76 Å². The van der Waals surface area contributed by atoms with Gasteiger partial charge in [-0.3, -0.25) is 9.69 Å². The van der Waals surface area contributed by atoms with Gasteiger partial charge in [-0.1, -0.05) is 30.8 Å². The van der Waals surface area contributed by atoms with Crippen molar-refractivity contribution < 1.29 is 9.53 Å². The second kappa shape index (κ2) is 7.10. The van der Waals surface area contributed by atoms with E-state index in [9.17, 15) is 4.79 Å². The van der Waals surface area contributed by atoms with Crippen LogP contribution < -0.4 is 0 Å². The van der Waals surface area contributed by atoms with Gasteiger partial charge in [0.25, 0.3) is 0 Å². The van der Waals surface area contributed by atoms with Crippen LogP contribution in [-0.4, -0.2) is 49.0 Å². The second-order valence-corrected chi connectivity index (χ2v) is 4.97. The molecule has 0 bridgehead atoms. The molecule has 108 valence electrons. The summed E-state index contributed by atoms with van der Waals surface area (Å²) in [5.41, 5.74) is 2.30. The standard InChI is InChI=1S/C16H22N2O2/c1-3-20-14(2)16-6-4-15(5-7-16)12-17-8-10-18(13-19)11-9-17/h4-7,13H,2-3,8-12H2,1H3. The van der Waals surface area contributed by atoms with Crippen molar-refractivity contribution in [3.05, 3.63) is 42.0 Å². The quantitative estimate of drug-likeness (QED) is 0.587. The lowest BCUT2D eigenvalue weighted by molar-refractivity contribution is -0.119. The molecule has 0 unspecified atom stereocenters. The normalized spacial score (nSPS) is 15.9. The van der Waals surface area contributed by atoms with E-state index in [1.54, 1.807) is 0 Å². The molecule has 0 aromatic heterocycles. The molecule has 0 aliphatic carbocycles. The summed E-state index contributed by atoms with van der Waals surface area (Å²) in [5.74, 6) is 0.721. The molecule has 0 N–H and O–H groups in total. The van der Waals surface area contributed by atoms with Crippen molar-refractivity contribution in [2.75, 3.05) is 32.8 Å². The van der Waals surface area contributed by atoms with Crippen LogP contribution >= 0.6 is 0 Å². The number of hydrogen-bond acceptors (Lipinski definition) is 3. The van der Waals surface area contributed by atoms with E-state index in [0.717, 1.165) is 50.5 Å². The lowest BCUT2D eigenvalue weighted by Gasteiger charge is -2.32. The summed E-state index contributed by atoms with van der Waals surface area (Å²) in [4.78, 5) is 14.9. The van der Waals surface area contributed by atoms with E-state index in [-0.39, 0.29) is 0 Å². The van der Waals surface area contributed by atoms with Gasteiger partial charge in [0, 0.05) is 38.3 Å². The first-order valence-corrected chi connectivity index (χ1v) is 7.05. The van der Waals surface area contributed by atoms with Crippen LogP contribution in [0.3, 0.4) is 0 Å². The monoisotopic (exact) mass is 274 g/mol. The highest BCUT2D eigenvalue weighted by Gasteiger charge is 2.15. The lowest BCUT2D eigenvalue weighted by atomic mass is 10.1. The molecule has 1 aromatic carbocycles. The van der Waals surface area contributed by atoms with E-state index < -0.39 is 0 Å². The predicted octanol–water partition coefficient (Wildman–Crippen LogP) is 1.97. The highest BCUT2D eigenvalue weighted by molar-refractivity contribution is 5.57. The Morgan fingerprint density at radius 3 is 2.45 bits per heavy atom. The van der Waals surface area contributed by atoms with E-state index in [4.69, 9.17) is 4.74 Å². The fourth-order valence-electron chi connectivity index (χ4n) is 2.34. The minimum atomic E-state index is 0.640. The zero-order valence-corrected chi connectivity index (χ0v) is 12.0. The van der Waals surface area contributed by atoms with Gasteiger partial charge >= 0.3 is 0 Å². The van der Waals surface area contributed by atoms with Crippen molar-refractivity contribution in [1.29, 1.82) is 0 Å². The summed E-state index contributed by atoms with van der Waals surface area (Å²) in [6.07, 6.45) is 0.936. The van der Waals surface area contributed by atoms with Crippen molar-refractivity contribution in [2.45, 2.75) is 13.5 Å². The molecule has 1 aromatic rings. The Morgan fingerprint density at radius 1 is 1.25 bits per heavy atom. The largest absolute Gasteiger partial charge is 0.494 e. The van der Waals surface area contributed by atoms with Gasteiger partial charge in [-0.15, -0.1) is 0 Å². The van der Waals surface area contributed by atoms with Crippen molar-refractivity contribution in [2.24, 2.45) is 0 Å². The summed E-state index contributed by atoms with van der Waals surface area (Å²) in [5, 5.41) is 0. The Bertz CT molecular complexity index is 448. The number of amides is 1. The van der Waals surface area contributed by atoms with E-state index in [2.05, 4.69) is 35.7 Å². The molecule has 0 saturated carbocycles. The molecule has 2 rings (SSSR count). The number of piperazine rings is 1. The van der Waals surface area contributed by atoms with Gasteiger partial charge in [0.1, 0.15) is 5.76 Å². The Morgan fingerprint density at radius 2 is 1.90 bits per heavy atom. The van der Waals surface area contributed by atoms with Gasteiger partial charge in [0.05, 0.1) is 6.61 Å². The third-order valence-electron chi connectivity index (χ3n) is 3.56. The van der Waals surface area contributed by atoms with E-state index >= 15 is 0 Å². The number of rotatable bonds is 6. The van der Waals surface area contributed by atoms with Gasteiger partial charge in [-0.05, 0) is 12.5 Å². The smallest absolute Gasteiger partial charge is 0.209 e. The van der Waals surface area contributed by atoms with Gasteiger partial charge in [-0.2, -0.15) is 0 Å². The zero-order chi connectivity index (χ0) is 14.4. The van der Waals surface area contributed by atoms with Crippen LogP contribution in [0.4, 0.5) is 0 Å². The molecular formula is C16H22N2O2. The minimum absolute atomic E-state index is 0.640. The van der Waals surface area contributed by atoms with E-state index in [1.807, 2.05) is 11.8 Å². The second-order valence-electron chi connectivity index (χ2n) is 4.97. The minimum Gasteiger partial charge on any atom is -0.494 e. The maximum absolute atomic E-state index is 10.7. The molecule has 1 saturated heterocycles. The molecule has 0 radical (unpaired) electrons. The third-order valence-corrected chi connectivity index (χ3v) is 3.56. The topological polar surface area (TPSA) is 32.8 Å².